The van der Waals surface area contributed by atoms with E-state index >= 15 is 13.2 Å². The molecular weight excluding hydrogens is 685 g/mol. The minimum absolute atomic E-state index is 0.0102. The van der Waals surface area contributed by atoms with Gasteiger partial charge in [-0.1, -0.05) is 56.2 Å². The summed E-state index contributed by atoms with van der Waals surface area (Å²) in [7, 11) is 0. The fraction of sp³-hybridized carbons (Fsp3) is 0.189. The first-order valence-corrected chi connectivity index (χ1v) is 15.1. The van der Waals surface area contributed by atoms with Gasteiger partial charge in [-0.2, -0.15) is 8.78 Å². The van der Waals surface area contributed by atoms with E-state index in [0.717, 1.165) is 73.7 Å². The van der Waals surface area contributed by atoms with Crippen molar-refractivity contribution in [3.8, 4) is 44.9 Å². The van der Waals surface area contributed by atoms with E-state index in [-0.39, 0.29) is 16.7 Å². The Morgan fingerprint density at radius 1 is 0.500 bits per heavy atom. The van der Waals surface area contributed by atoms with Crippen molar-refractivity contribution in [1.82, 2.24) is 0 Å². The van der Waals surface area contributed by atoms with E-state index in [9.17, 15) is 35.1 Å². The van der Waals surface area contributed by atoms with Crippen molar-refractivity contribution >= 4 is 0 Å². The second-order valence-electron chi connectivity index (χ2n) is 11.2. The minimum Gasteiger partial charge on any atom is -0.429 e. The van der Waals surface area contributed by atoms with Crippen LogP contribution in [0.3, 0.4) is 0 Å². The zero-order valence-corrected chi connectivity index (χ0v) is 25.9. The molecule has 0 N–H and O–H groups in total. The van der Waals surface area contributed by atoms with Crippen LogP contribution >= 0.6 is 0 Å². The molecule has 0 heterocycles. The minimum atomic E-state index is -5.39. The topological polar surface area (TPSA) is 18.5 Å². The van der Waals surface area contributed by atoms with Crippen LogP contribution in [0.4, 0.5) is 48.3 Å². The van der Waals surface area contributed by atoms with Crippen LogP contribution in [0.2, 0.25) is 0 Å². The quantitative estimate of drug-likeness (QED) is 0.100. The molecule has 0 aliphatic heterocycles. The monoisotopic (exact) mass is 710 g/mol. The molecule has 0 spiro atoms. The number of ether oxygens (including phenoxy) is 2. The number of rotatable bonds is 11. The maximum Gasteiger partial charge on any atom is 0.573 e. The molecule has 0 bridgehead atoms. The summed E-state index contributed by atoms with van der Waals surface area (Å²) in [5.41, 5.74) is -1.79. The highest BCUT2D eigenvalue weighted by Gasteiger charge is 2.41. The van der Waals surface area contributed by atoms with E-state index in [2.05, 4.69) is 16.4 Å². The smallest absolute Gasteiger partial charge is 0.429 e. The molecule has 0 unspecified atom stereocenters. The van der Waals surface area contributed by atoms with Gasteiger partial charge in [0.15, 0.2) is 11.6 Å². The van der Waals surface area contributed by atoms with Gasteiger partial charge in [-0.25, -0.2) is 26.3 Å². The van der Waals surface area contributed by atoms with Crippen LogP contribution in [-0.2, 0) is 12.5 Å². The second kappa shape index (κ2) is 14.4. The standard InChI is InChI=1S/C37H25F11O2/c1-2-3-4-5-20-6-8-21(9-7-20)23-15-30(40)34(31(41)16-23)36(44,45)49-25-11-13-26(29(39)19-25)22-10-12-27(28(38)14-22)24-17-32(42)35(33(43)18-24)50-37(46,47)48/h6-19H,2-5H2,1H3. The fourth-order valence-corrected chi connectivity index (χ4v) is 5.30. The van der Waals surface area contributed by atoms with Crippen LogP contribution in [0, 0.1) is 34.9 Å². The summed E-state index contributed by atoms with van der Waals surface area (Å²) in [5, 5.41) is 0. The van der Waals surface area contributed by atoms with Crippen LogP contribution in [0.15, 0.2) is 84.9 Å². The van der Waals surface area contributed by atoms with E-state index < -0.39 is 75.6 Å². The van der Waals surface area contributed by atoms with E-state index in [1.807, 2.05) is 0 Å². The van der Waals surface area contributed by atoms with Gasteiger partial charge in [-0.15, -0.1) is 13.2 Å². The van der Waals surface area contributed by atoms with Crippen LogP contribution in [-0.4, -0.2) is 6.36 Å². The highest BCUT2D eigenvalue weighted by molar-refractivity contribution is 5.72. The summed E-state index contributed by atoms with van der Waals surface area (Å²) in [6.45, 7) is 2.07. The molecule has 0 atom stereocenters. The maximum atomic E-state index is 15.1. The van der Waals surface area contributed by atoms with E-state index in [1.165, 1.54) is 0 Å². The van der Waals surface area contributed by atoms with Crippen molar-refractivity contribution in [2.75, 3.05) is 0 Å². The van der Waals surface area contributed by atoms with Gasteiger partial charge in [0.1, 0.15) is 34.6 Å². The third-order valence-corrected chi connectivity index (χ3v) is 7.68. The summed E-state index contributed by atoms with van der Waals surface area (Å²) in [6, 6.07) is 14.1. The van der Waals surface area contributed by atoms with Gasteiger partial charge in [-0.05, 0) is 83.1 Å². The van der Waals surface area contributed by atoms with Crippen molar-refractivity contribution in [3.63, 3.8) is 0 Å². The fourth-order valence-electron chi connectivity index (χ4n) is 5.30. The number of unbranched alkanes of at least 4 members (excludes halogenated alkanes) is 2. The number of hydrogen-bond acceptors (Lipinski definition) is 2. The van der Waals surface area contributed by atoms with Crippen LogP contribution < -0.4 is 9.47 Å². The Balaban J connectivity index is 1.34. The van der Waals surface area contributed by atoms with Gasteiger partial charge in [0, 0.05) is 17.2 Å². The van der Waals surface area contributed by atoms with Gasteiger partial charge in [0.25, 0.3) is 0 Å². The largest absolute Gasteiger partial charge is 0.573 e. The second-order valence-corrected chi connectivity index (χ2v) is 11.2. The average molecular weight is 711 g/mol. The number of hydrogen-bond donors (Lipinski definition) is 0. The molecule has 0 aromatic heterocycles. The molecule has 5 aromatic carbocycles. The summed E-state index contributed by atoms with van der Waals surface area (Å²) in [6.07, 6.45) is -6.11. The summed E-state index contributed by atoms with van der Waals surface area (Å²) in [4.78, 5) is 0. The Morgan fingerprint density at radius 3 is 1.58 bits per heavy atom. The molecular formula is C37H25F11O2. The first-order valence-electron chi connectivity index (χ1n) is 15.1. The van der Waals surface area contributed by atoms with Crippen molar-refractivity contribution in [2.45, 2.75) is 45.1 Å². The Kier molecular flexibility index (Phi) is 10.4. The van der Waals surface area contributed by atoms with Gasteiger partial charge in [0.05, 0.1) is 0 Å². The van der Waals surface area contributed by atoms with Crippen LogP contribution in [0.1, 0.15) is 37.3 Å². The molecule has 0 radical (unpaired) electrons. The SMILES string of the molecule is CCCCCc1ccc(-c2cc(F)c(C(F)(F)Oc3ccc(-c4ccc(-c5cc(F)c(OC(F)(F)F)c(F)c5)c(F)c4)c(F)c3)c(F)c2)cc1. The van der Waals surface area contributed by atoms with Crippen molar-refractivity contribution in [1.29, 1.82) is 0 Å². The highest BCUT2D eigenvalue weighted by atomic mass is 19.4. The molecule has 5 rings (SSSR count). The van der Waals surface area contributed by atoms with Crippen molar-refractivity contribution < 1.29 is 57.8 Å². The lowest BCUT2D eigenvalue weighted by atomic mass is 9.99. The number of aryl methyl sites for hydroxylation is 1. The Bertz CT molecular complexity index is 1960. The highest BCUT2D eigenvalue weighted by Crippen LogP contribution is 2.39. The third kappa shape index (κ3) is 8.20. The Morgan fingerprint density at radius 2 is 1.02 bits per heavy atom. The zero-order chi connectivity index (χ0) is 36.4. The lowest BCUT2D eigenvalue weighted by Crippen LogP contribution is -2.25. The first-order chi connectivity index (χ1) is 23.6. The lowest BCUT2D eigenvalue weighted by molar-refractivity contribution is -0.276. The van der Waals surface area contributed by atoms with Gasteiger partial charge in [-0.3, -0.25) is 0 Å². The summed E-state index contributed by atoms with van der Waals surface area (Å²) >= 11 is 0. The molecule has 262 valence electrons. The molecule has 0 aliphatic carbocycles. The number of halogens is 11. The molecule has 13 heteroatoms. The van der Waals surface area contributed by atoms with Gasteiger partial charge >= 0.3 is 12.5 Å². The van der Waals surface area contributed by atoms with Gasteiger partial charge < -0.3 is 9.47 Å². The number of benzene rings is 5. The first kappa shape index (κ1) is 36.2. The summed E-state index contributed by atoms with van der Waals surface area (Å²) in [5.74, 6) is -11.7. The molecule has 0 fully saturated rings. The van der Waals surface area contributed by atoms with Gasteiger partial charge in [0.2, 0.25) is 5.75 Å². The molecule has 0 saturated heterocycles. The Labute approximate surface area is 278 Å². The lowest BCUT2D eigenvalue weighted by Gasteiger charge is -2.20. The molecule has 2 nitrogen and oxygen atoms in total. The van der Waals surface area contributed by atoms with E-state index in [0.29, 0.717) is 23.8 Å². The molecule has 50 heavy (non-hydrogen) atoms. The molecule has 0 amide bonds. The molecule has 0 saturated carbocycles. The van der Waals surface area contributed by atoms with Crippen LogP contribution in [0.5, 0.6) is 11.5 Å². The predicted octanol–water partition coefficient (Wildman–Crippen LogP) is 12.3. The Hall–Kier alpha value is -5.07. The van der Waals surface area contributed by atoms with E-state index in [4.69, 9.17) is 0 Å². The third-order valence-electron chi connectivity index (χ3n) is 7.68. The molecule has 0 aliphatic rings. The predicted molar refractivity (Wildman–Crippen MR) is 163 cm³/mol. The van der Waals surface area contributed by atoms with Crippen LogP contribution in [0.25, 0.3) is 33.4 Å². The van der Waals surface area contributed by atoms with Crippen molar-refractivity contribution in [2.24, 2.45) is 0 Å². The van der Waals surface area contributed by atoms with Crippen molar-refractivity contribution in [3.05, 3.63) is 131 Å². The maximum absolute atomic E-state index is 15.1. The number of alkyl halides is 5. The average Bonchev–Trinajstić information content (AvgIpc) is 3.02. The van der Waals surface area contributed by atoms with E-state index in [1.54, 1.807) is 24.3 Å². The normalized spacial score (nSPS) is 11.9. The molecule has 5 aromatic rings. The zero-order valence-electron chi connectivity index (χ0n) is 25.9. The summed E-state index contributed by atoms with van der Waals surface area (Å²) < 4.78 is 164.